The third-order valence-corrected chi connectivity index (χ3v) is 2.27. The number of urea groups is 1. The third kappa shape index (κ3) is 3.98. The van der Waals surface area contributed by atoms with E-state index in [0.29, 0.717) is 12.0 Å². The zero-order chi connectivity index (χ0) is 14.4. The molecule has 1 unspecified atom stereocenters. The van der Waals surface area contributed by atoms with Crippen molar-refractivity contribution in [3.63, 3.8) is 0 Å². The van der Waals surface area contributed by atoms with Crippen molar-refractivity contribution in [1.82, 2.24) is 5.32 Å². The summed E-state index contributed by atoms with van der Waals surface area (Å²) in [6.45, 7) is 1.42. The number of imide groups is 1. The Kier molecular flexibility index (Phi) is 4.87. The van der Waals surface area contributed by atoms with Crippen LogP contribution in [-0.4, -0.2) is 31.4 Å². The molecule has 0 saturated carbocycles. The molecule has 0 aliphatic carbocycles. The van der Waals surface area contributed by atoms with Crippen molar-refractivity contribution in [3.8, 4) is 11.5 Å². The lowest BCUT2D eigenvalue weighted by Gasteiger charge is -2.15. The first kappa shape index (κ1) is 14.5. The minimum atomic E-state index is -0.988. The van der Waals surface area contributed by atoms with Crippen LogP contribution in [0.4, 0.5) is 4.79 Å². The van der Waals surface area contributed by atoms with E-state index in [1.54, 1.807) is 6.07 Å². The highest BCUT2D eigenvalue weighted by Crippen LogP contribution is 2.24. The van der Waals surface area contributed by atoms with E-state index in [-0.39, 0.29) is 11.3 Å². The fourth-order valence-corrected chi connectivity index (χ4v) is 1.31. The lowest BCUT2D eigenvalue weighted by atomic mass is 10.2. The molecular weight excluding hydrogens is 252 g/mol. The Morgan fingerprint density at radius 3 is 2.63 bits per heavy atom. The van der Waals surface area contributed by atoms with Gasteiger partial charge in [-0.3, -0.25) is 14.9 Å². The Labute approximate surface area is 109 Å². The number of carbonyl (C=O) groups is 3. The SMILES string of the molecule is COc1ccc(C=O)c(OC(C)C(=O)NC(N)=O)c1. The molecule has 7 heteroatoms. The second-order valence-corrected chi connectivity index (χ2v) is 3.64. The average Bonchev–Trinajstić information content (AvgIpc) is 2.37. The van der Waals surface area contributed by atoms with Gasteiger partial charge < -0.3 is 15.2 Å². The van der Waals surface area contributed by atoms with Gasteiger partial charge in [0.05, 0.1) is 12.7 Å². The fourth-order valence-electron chi connectivity index (χ4n) is 1.31. The molecule has 1 rings (SSSR count). The highest BCUT2D eigenvalue weighted by molar-refractivity contribution is 5.95. The normalized spacial score (nSPS) is 11.3. The van der Waals surface area contributed by atoms with E-state index in [1.165, 1.54) is 26.2 Å². The van der Waals surface area contributed by atoms with Crippen molar-refractivity contribution in [1.29, 1.82) is 0 Å². The van der Waals surface area contributed by atoms with Crippen molar-refractivity contribution >= 4 is 18.2 Å². The summed E-state index contributed by atoms with van der Waals surface area (Å²) in [7, 11) is 1.46. The minimum absolute atomic E-state index is 0.182. The van der Waals surface area contributed by atoms with Crippen LogP contribution in [0.3, 0.4) is 0 Å². The maximum Gasteiger partial charge on any atom is 0.318 e. The van der Waals surface area contributed by atoms with Gasteiger partial charge in [0.1, 0.15) is 11.5 Å². The molecule has 0 spiro atoms. The summed E-state index contributed by atoms with van der Waals surface area (Å²) in [5.41, 5.74) is 5.09. The topological polar surface area (TPSA) is 108 Å². The number of nitrogens with two attached hydrogens (primary N) is 1. The zero-order valence-corrected chi connectivity index (χ0v) is 10.5. The van der Waals surface area contributed by atoms with Crippen molar-refractivity contribution in [2.45, 2.75) is 13.0 Å². The second-order valence-electron chi connectivity index (χ2n) is 3.64. The number of nitrogens with one attached hydrogen (secondary N) is 1. The molecule has 0 saturated heterocycles. The fraction of sp³-hybridized carbons (Fsp3) is 0.250. The van der Waals surface area contributed by atoms with Crippen LogP contribution < -0.4 is 20.5 Å². The summed E-state index contributed by atoms with van der Waals surface area (Å²) < 4.78 is 10.3. The quantitative estimate of drug-likeness (QED) is 0.753. The Balaban J connectivity index is 2.88. The number of rotatable bonds is 5. The summed E-state index contributed by atoms with van der Waals surface area (Å²) in [6, 6.07) is 3.59. The van der Waals surface area contributed by atoms with Gasteiger partial charge in [-0.1, -0.05) is 0 Å². The summed E-state index contributed by atoms with van der Waals surface area (Å²) in [4.78, 5) is 32.9. The lowest BCUT2D eigenvalue weighted by Crippen LogP contribution is -2.42. The van der Waals surface area contributed by atoms with Gasteiger partial charge >= 0.3 is 6.03 Å². The molecule has 0 aliphatic rings. The molecular formula is C12H14N2O5. The van der Waals surface area contributed by atoms with E-state index in [9.17, 15) is 14.4 Å². The summed E-state index contributed by atoms with van der Waals surface area (Å²) in [5.74, 6) is -0.0447. The molecule has 0 fully saturated rings. The smallest absolute Gasteiger partial charge is 0.318 e. The minimum Gasteiger partial charge on any atom is -0.497 e. The first-order valence-electron chi connectivity index (χ1n) is 5.38. The van der Waals surface area contributed by atoms with E-state index >= 15 is 0 Å². The van der Waals surface area contributed by atoms with Gasteiger partial charge in [-0.2, -0.15) is 0 Å². The first-order chi connectivity index (χ1) is 8.97. The van der Waals surface area contributed by atoms with E-state index in [0.717, 1.165) is 0 Å². The maximum atomic E-state index is 11.5. The number of benzene rings is 1. The molecule has 3 N–H and O–H groups in total. The van der Waals surface area contributed by atoms with Gasteiger partial charge in [0.15, 0.2) is 12.4 Å². The van der Waals surface area contributed by atoms with E-state index in [2.05, 4.69) is 0 Å². The van der Waals surface area contributed by atoms with Crippen molar-refractivity contribution < 1.29 is 23.9 Å². The van der Waals surface area contributed by atoms with Gasteiger partial charge in [0, 0.05) is 6.07 Å². The molecule has 0 aromatic heterocycles. The number of ether oxygens (including phenoxy) is 2. The van der Waals surface area contributed by atoms with Crippen LogP contribution >= 0.6 is 0 Å². The zero-order valence-electron chi connectivity index (χ0n) is 10.5. The number of amides is 3. The van der Waals surface area contributed by atoms with Crippen LogP contribution in [0.5, 0.6) is 11.5 Å². The average molecular weight is 266 g/mol. The van der Waals surface area contributed by atoms with E-state index < -0.39 is 18.0 Å². The van der Waals surface area contributed by atoms with Crippen LogP contribution in [0.25, 0.3) is 0 Å². The maximum absolute atomic E-state index is 11.5. The number of methoxy groups -OCH3 is 1. The molecule has 1 aromatic rings. The molecule has 0 bridgehead atoms. The summed E-state index contributed by atoms with van der Waals surface area (Å²) >= 11 is 0. The van der Waals surface area contributed by atoms with Crippen LogP contribution in [-0.2, 0) is 4.79 Å². The number of hydrogen-bond donors (Lipinski definition) is 2. The Hall–Kier alpha value is -2.57. The first-order valence-corrected chi connectivity index (χ1v) is 5.38. The monoisotopic (exact) mass is 266 g/mol. The van der Waals surface area contributed by atoms with Crippen LogP contribution in [0.15, 0.2) is 18.2 Å². The van der Waals surface area contributed by atoms with Gasteiger partial charge in [-0.15, -0.1) is 0 Å². The number of hydrogen-bond acceptors (Lipinski definition) is 5. The van der Waals surface area contributed by atoms with Crippen molar-refractivity contribution in [3.05, 3.63) is 23.8 Å². The van der Waals surface area contributed by atoms with Crippen molar-refractivity contribution in [2.24, 2.45) is 5.73 Å². The third-order valence-electron chi connectivity index (χ3n) is 2.27. The van der Waals surface area contributed by atoms with Gasteiger partial charge in [-0.25, -0.2) is 4.79 Å². The molecule has 1 atom stereocenters. The second kappa shape index (κ2) is 6.39. The highest BCUT2D eigenvalue weighted by atomic mass is 16.5. The van der Waals surface area contributed by atoms with Crippen LogP contribution in [0.1, 0.15) is 17.3 Å². The molecule has 0 heterocycles. The number of primary amides is 1. The largest absolute Gasteiger partial charge is 0.497 e. The summed E-state index contributed by atoms with van der Waals surface area (Å²) in [6.07, 6.45) is -0.397. The molecule has 0 radical (unpaired) electrons. The van der Waals surface area contributed by atoms with Gasteiger partial charge in [0.25, 0.3) is 5.91 Å². The van der Waals surface area contributed by atoms with Crippen LogP contribution in [0, 0.1) is 0 Å². The Morgan fingerprint density at radius 1 is 1.42 bits per heavy atom. The standard InChI is InChI=1S/C12H14N2O5/c1-7(11(16)14-12(13)17)19-10-5-9(18-2)4-3-8(10)6-15/h3-7H,1-2H3,(H3,13,14,16,17). The Morgan fingerprint density at radius 2 is 2.11 bits per heavy atom. The van der Waals surface area contributed by atoms with Gasteiger partial charge in [0.2, 0.25) is 0 Å². The van der Waals surface area contributed by atoms with Crippen LogP contribution in [0.2, 0.25) is 0 Å². The highest BCUT2D eigenvalue weighted by Gasteiger charge is 2.18. The van der Waals surface area contributed by atoms with Crippen molar-refractivity contribution in [2.75, 3.05) is 7.11 Å². The summed E-state index contributed by atoms with van der Waals surface area (Å²) in [5, 5.41) is 1.88. The molecule has 3 amide bonds. The molecule has 0 aliphatic heterocycles. The van der Waals surface area contributed by atoms with E-state index in [4.69, 9.17) is 15.2 Å². The lowest BCUT2D eigenvalue weighted by molar-refractivity contribution is -0.126. The molecule has 1 aromatic carbocycles. The Bertz CT molecular complexity index is 501. The molecule has 19 heavy (non-hydrogen) atoms. The predicted octanol–water partition coefficient (Wildman–Crippen LogP) is 0.470. The molecule has 7 nitrogen and oxygen atoms in total. The molecule has 102 valence electrons. The number of carbonyl (C=O) groups excluding carboxylic acids is 3. The van der Waals surface area contributed by atoms with E-state index in [1.807, 2.05) is 5.32 Å². The predicted molar refractivity (Wildman–Crippen MR) is 66.2 cm³/mol. The number of aldehydes is 1. The van der Waals surface area contributed by atoms with Gasteiger partial charge in [-0.05, 0) is 19.1 Å².